The normalized spacial score (nSPS) is 12.9. The lowest BCUT2D eigenvalue weighted by Gasteiger charge is -2.18. The lowest BCUT2D eigenvalue weighted by molar-refractivity contribution is -0.132. The lowest BCUT2D eigenvalue weighted by Crippen LogP contribution is -2.32. The van der Waals surface area contributed by atoms with Crippen LogP contribution in [0.25, 0.3) is 0 Å². The van der Waals surface area contributed by atoms with E-state index in [-0.39, 0.29) is 12.1 Å². The van der Waals surface area contributed by atoms with E-state index < -0.39 is 21.2 Å². The fourth-order valence-electron chi connectivity index (χ4n) is 1.64. The third-order valence-electron chi connectivity index (χ3n) is 2.56. The Kier molecular flexibility index (Phi) is 5.26. The van der Waals surface area contributed by atoms with Crippen LogP contribution in [0, 0.1) is 0 Å². The maximum atomic E-state index is 12.2. The molecule has 0 radical (unpaired) electrons. The maximum Gasteiger partial charge on any atom is 0.332 e. The van der Waals surface area contributed by atoms with E-state index in [1.807, 2.05) is 6.92 Å². The number of hydrogen-bond acceptors (Lipinski definition) is 3. The highest BCUT2D eigenvalue weighted by Gasteiger charge is 2.32. The molecule has 0 aliphatic carbocycles. The van der Waals surface area contributed by atoms with Crippen LogP contribution in [0.4, 0.5) is 0 Å². The molecule has 1 aromatic carbocycles. The summed E-state index contributed by atoms with van der Waals surface area (Å²) < 4.78 is 26.8. The summed E-state index contributed by atoms with van der Waals surface area (Å²) >= 11 is 0. The number of aliphatic carboxylic acids is 1. The monoisotopic (exact) mass is 283 g/mol. The van der Waals surface area contributed by atoms with Crippen LogP contribution in [0.2, 0.25) is 0 Å². The van der Waals surface area contributed by atoms with Crippen LogP contribution >= 0.6 is 0 Å². The molecule has 19 heavy (non-hydrogen) atoms. The van der Waals surface area contributed by atoms with Crippen molar-refractivity contribution in [3.8, 4) is 0 Å². The van der Waals surface area contributed by atoms with Gasteiger partial charge in [0.15, 0.2) is 0 Å². The van der Waals surface area contributed by atoms with Gasteiger partial charge in [-0.15, -0.1) is 0 Å². The van der Waals surface area contributed by atoms with Gasteiger partial charge >= 0.3 is 5.97 Å². The number of sulfonamides is 1. The highest BCUT2D eigenvalue weighted by molar-refractivity contribution is 7.90. The zero-order chi connectivity index (χ0) is 14.5. The van der Waals surface area contributed by atoms with Crippen LogP contribution in [-0.2, 0) is 14.8 Å². The minimum atomic E-state index is -3.81. The fraction of sp³-hybridized carbons (Fsp3) is 0.308. The average molecular weight is 283 g/mol. The molecule has 2 N–H and O–H groups in total. The summed E-state index contributed by atoms with van der Waals surface area (Å²) in [6.45, 7) is 5.47. The van der Waals surface area contributed by atoms with E-state index >= 15 is 0 Å². The third-order valence-corrected chi connectivity index (χ3v) is 4.34. The summed E-state index contributed by atoms with van der Waals surface area (Å²) in [4.78, 5) is 11.0. The van der Waals surface area contributed by atoms with Crippen molar-refractivity contribution in [3.63, 3.8) is 0 Å². The van der Waals surface area contributed by atoms with Gasteiger partial charge in [-0.3, -0.25) is 0 Å². The predicted octanol–water partition coefficient (Wildman–Crippen LogP) is 1.70. The molecule has 0 spiro atoms. The van der Waals surface area contributed by atoms with E-state index in [2.05, 4.69) is 11.3 Å². The third kappa shape index (κ3) is 3.90. The Morgan fingerprint density at radius 2 is 1.95 bits per heavy atom. The Labute approximate surface area is 113 Å². The SMILES string of the molecule is C=C(C(=O)O)C(c1ccccc1)S(=O)(=O)NCCC. The molecule has 0 bridgehead atoms. The molecule has 1 aromatic rings. The molecule has 0 aliphatic rings. The number of carbonyl (C=O) groups is 1. The Balaban J connectivity index is 3.21. The van der Waals surface area contributed by atoms with Gasteiger partial charge in [-0.05, 0) is 12.0 Å². The van der Waals surface area contributed by atoms with Crippen molar-refractivity contribution in [2.75, 3.05) is 6.54 Å². The Bertz CT molecular complexity index is 551. The van der Waals surface area contributed by atoms with Gasteiger partial charge in [0.25, 0.3) is 0 Å². The largest absolute Gasteiger partial charge is 0.478 e. The molecule has 0 aromatic heterocycles. The molecule has 0 aliphatic heterocycles. The fourth-order valence-corrected chi connectivity index (χ4v) is 3.28. The zero-order valence-corrected chi connectivity index (χ0v) is 11.5. The molecule has 1 unspecified atom stereocenters. The van der Waals surface area contributed by atoms with Crippen LogP contribution in [0.1, 0.15) is 24.2 Å². The molecule has 0 heterocycles. The molecule has 5 nitrogen and oxygen atoms in total. The summed E-state index contributed by atoms with van der Waals surface area (Å²) in [5, 5.41) is 7.73. The smallest absolute Gasteiger partial charge is 0.332 e. The number of rotatable bonds is 7. The number of carboxylic acid groups (broad SMARTS) is 1. The average Bonchev–Trinajstić information content (AvgIpc) is 2.37. The van der Waals surface area contributed by atoms with Gasteiger partial charge in [-0.1, -0.05) is 43.8 Å². The van der Waals surface area contributed by atoms with Gasteiger partial charge < -0.3 is 5.11 Å². The van der Waals surface area contributed by atoms with E-state index in [0.717, 1.165) is 0 Å². The van der Waals surface area contributed by atoms with E-state index in [1.54, 1.807) is 30.3 Å². The summed E-state index contributed by atoms with van der Waals surface area (Å²) in [6, 6.07) is 8.20. The van der Waals surface area contributed by atoms with Gasteiger partial charge in [-0.2, -0.15) is 0 Å². The Morgan fingerprint density at radius 3 is 2.42 bits per heavy atom. The minimum Gasteiger partial charge on any atom is -0.478 e. The van der Waals surface area contributed by atoms with Crippen LogP contribution in [-0.4, -0.2) is 26.0 Å². The molecule has 0 fully saturated rings. The summed E-state index contributed by atoms with van der Waals surface area (Å²) in [6.07, 6.45) is 0.625. The quantitative estimate of drug-likeness (QED) is 0.746. The second-order valence-electron chi connectivity index (χ2n) is 4.06. The number of hydrogen-bond donors (Lipinski definition) is 2. The first kappa shape index (κ1) is 15.4. The molecular formula is C13H17NO4S. The highest BCUT2D eigenvalue weighted by Crippen LogP contribution is 2.28. The summed E-state index contributed by atoms with van der Waals surface area (Å²) in [5.74, 6) is -1.32. The van der Waals surface area contributed by atoms with Gasteiger partial charge in [-0.25, -0.2) is 17.9 Å². The van der Waals surface area contributed by atoms with Crippen molar-refractivity contribution in [1.82, 2.24) is 4.72 Å². The Morgan fingerprint density at radius 1 is 1.37 bits per heavy atom. The molecular weight excluding hydrogens is 266 g/mol. The molecule has 0 amide bonds. The van der Waals surface area contributed by atoms with Gasteiger partial charge in [0.1, 0.15) is 5.25 Å². The van der Waals surface area contributed by atoms with E-state index in [4.69, 9.17) is 5.11 Å². The maximum absolute atomic E-state index is 12.2. The van der Waals surface area contributed by atoms with Crippen molar-refractivity contribution in [2.24, 2.45) is 0 Å². The van der Waals surface area contributed by atoms with Crippen molar-refractivity contribution in [1.29, 1.82) is 0 Å². The topological polar surface area (TPSA) is 83.5 Å². The van der Waals surface area contributed by atoms with Gasteiger partial charge in [0.05, 0.1) is 5.57 Å². The summed E-state index contributed by atoms with van der Waals surface area (Å²) in [7, 11) is -3.81. The van der Waals surface area contributed by atoms with Crippen molar-refractivity contribution >= 4 is 16.0 Å². The number of nitrogens with one attached hydrogen (secondary N) is 1. The van der Waals surface area contributed by atoms with Crippen molar-refractivity contribution in [3.05, 3.63) is 48.0 Å². The van der Waals surface area contributed by atoms with Crippen LogP contribution < -0.4 is 4.72 Å². The molecule has 0 saturated carbocycles. The second-order valence-corrected chi connectivity index (χ2v) is 5.91. The van der Waals surface area contributed by atoms with E-state index in [0.29, 0.717) is 12.0 Å². The van der Waals surface area contributed by atoms with Crippen LogP contribution in [0.5, 0.6) is 0 Å². The van der Waals surface area contributed by atoms with Crippen LogP contribution in [0.15, 0.2) is 42.5 Å². The van der Waals surface area contributed by atoms with Crippen LogP contribution in [0.3, 0.4) is 0 Å². The number of carboxylic acids is 1. The van der Waals surface area contributed by atoms with E-state index in [1.165, 1.54) is 0 Å². The first-order chi connectivity index (χ1) is 8.90. The van der Waals surface area contributed by atoms with Gasteiger partial charge in [0.2, 0.25) is 10.0 Å². The summed E-state index contributed by atoms with van der Waals surface area (Å²) in [5.41, 5.74) is 0.0216. The van der Waals surface area contributed by atoms with Crippen molar-refractivity contribution < 1.29 is 18.3 Å². The molecule has 104 valence electrons. The highest BCUT2D eigenvalue weighted by atomic mass is 32.2. The molecule has 6 heteroatoms. The molecule has 1 atom stereocenters. The second kappa shape index (κ2) is 6.49. The van der Waals surface area contributed by atoms with Crippen molar-refractivity contribution in [2.45, 2.75) is 18.6 Å². The zero-order valence-electron chi connectivity index (χ0n) is 10.7. The molecule has 0 saturated heterocycles. The Hall–Kier alpha value is -1.66. The first-order valence-corrected chi connectivity index (χ1v) is 7.40. The predicted molar refractivity (Wildman–Crippen MR) is 73.2 cm³/mol. The number of benzene rings is 1. The minimum absolute atomic E-state index is 0.262. The molecule has 1 rings (SSSR count). The lowest BCUT2D eigenvalue weighted by atomic mass is 10.1. The standard InChI is InChI=1S/C13H17NO4S/c1-3-9-14-19(17,18)12(10(2)13(15)16)11-7-5-4-6-8-11/h4-8,12,14H,2-3,9H2,1H3,(H,15,16). The van der Waals surface area contributed by atoms with Gasteiger partial charge in [0, 0.05) is 6.54 Å². The first-order valence-electron chi connectivity index (χ1n) is 5.85. The van der Waals surface area contributed by atoms with E-state index in [9.17, 15) is 13.2 Å².